The number of H-pyrrole nitrogens is 1. The van der Waals surface area contributed by atoms with Gasteiger partial charge < -0.3 is 14.2 Å². The average molecular weight is 391 g/mol. The number of aryl methyl sites for hydroxylation is 1. The van der Waals surface area contributed by atoms with Crippen LogP contribution in [0.4, 0.5) is 0 Å². The highest BCUT2D eigenvalue weighted by Crippen LogP contribution is 2.32. The van der Waals surface area contributed by atoms with Gasteiger partial charge in [-0.3, -0.25) is 5.10 Å². The van der Waals surface area contributed by atoms with Crippen LogP contribution in [0.5, 0.6) is 5.75 Å². The van der Waals surface area contributed by atoms with E-state index in [9.17, 15) is 0 Å². The van der Waals surface area contributed by atoms with Crippen LogP contribution < -0.4 is 4.74 Å². The lowest BCUT2D eigenvalue weighted by molar-refractivity contribution is 0.207. The zero-order valence-corrected chi connectivity index (χ0v) is 16.6. The quantitative estimate of drug-likeness (QED) is 0.537. The van der Waals surface area contributed by atoms with Gasteiger partial charge in [0.25, 0.3) is 0 Å². The van der Waals surface area contributed by atoms with Crippen LogP contribution in [0.25, 0.3) is 22.0 Å². The normalized spacial score (nSPS) is 16.0. The van der Waals surface area contributed by atoms with Gasteiger partial charge in [0.05, 0.1) is 18.3 Å². The van der Waals surface area contributed by atoms with Crippen LogP contribution in [0.1, 0.15) is 36.4 Å². The second kappa shape index (κ2) is 7.83. The minimum absolute atomic E-state index is 0.489. The summed E-state index contributed by atoms with van der Waals surface area (Å²) in [6, 6.07) is 12.2. The molecule has 1 aliphatic rings. The van der Waals surface area contributed by atoms with Gasteiger partial charge in [0.2, 0.25) is 0 Å². The maximum atomic E-state index is 5.50. The van der Waals surface area contributed by atoms with Crippen molar-refractivity contribution >= 4 is 22.0 Å². The molecule has 29 heavy (non-hydrogen) atoms. The first kappa shape index (κ1) is 18.1. The molecule has 1 saturated heterocycles. The van der Waals surface area contributed by atoms with Crippen molar-refractivity contribution < 1.29 is 9.26 Å². The van der Waals surface area contributed by atoms with Gasteiger partial charge in [0.15, 0.2) is 5.58 Å². The molecule has 0 radical (unpaired) electrons. The van der Waals surface area contributed by atoms with Gasteiger partial charge >= 0.3 is 0 Å². The van der Waals surface area contributed by atoms with Gasteiger partial charge in [0, 0.05) is 17.4 Å². The van der Waals surface area contributed by atoms with E-state index in [1.165, 1.54) is 10.9 Å². The molecule has 0 spiro atoms. The molecule has 5 rings (SSSR count). The van der Waals surface area contributed by atoms with Crippen LogP contribution in [0.15, 0.2) is 40.9 Å². The van der Waals surface area contributed by atoms with E-state index in [0.29, 0.717) is 5.92 Å². The third-order valence-electron chi connectivity index (χ3n) is 6.02. The number of benzene rings is 2. The van der Waals surface area contributed by atoms with Gasteiger partial charge in [-0.2, -0.15) is 0 Å². The second-order valence-electron chi connectivity index (χ2n) is 7.78. The summed E-state index contributed by atoms with van der Waals surface area (Å²) >= 11 is 0. The fraction of sp³-hybridized carbons (Fsp3) is 0.409. The molecule has 1 aliphatic heterocycles. The number of rotatable bonds is 6. The molecule has 150 valence electrons. The summed E-state index contributed by atoms with van der Waals surface area (Å²) in [7, 11) is 1.69. The van der Waals surface area contributed by atoms with Crippen molar-refractivity contribution in [2.24, 2.45) is 0 Å². The van der Waals surface area contributed by atoms with E-state index < -0.39 is 0 Å². The zero-order valence-electron chi connectivity index (χ0n) is 16.6. The van der Waals surface area contributed by atoms with Crippen molar-refractivity contribution in [1.29, 1.82) is 0 Å². The van der Waals surface area contributed by atoms with Crippen LogP contribution >= 0.6 is 0 Å². The Morgan fingerprint density at radius 3 is 2.93 bits per heavy atom. The first-order valence-corrected chi connectivity index (χ1v) is 10.3. The van der Waals surface area contributed by atoms with Gasteiger partial charge in [-0.25, -0.2) is 0 Å². The minimum Gasteiger partial charge on any atom is -0.497 e. The Morgan fingerprint density at radius 2 is 2.07 bits per heavy atom. The molecule has 0 saturated carbocycles. The van der Waals surface area contributed by atoms with Gasteiger partial charge in [-0.05, 0) is 69.1 Å². The Bertz CT molecular complexity index is 1110. The lowest BCUT2D eigenvalue weighted by Crippen LogP contribution is -2.34. The molecule has 0 amide bonds. The van der Waals surface area contributed by atoms with E-state index in [0.717, 1.165) is 73.4 Å². The van der Waals surface area contributed by atoms with Crippen LogP contribution in [0, 0.1) is 0 Å². The maximum Gasteiger partial charge on any atom is 0.167 e. The largest absolute Gasteiger partial charge is 0.497 e. The standard InChI is InChI=1S/C22H25N5O2/c1-28-17-13-16(22-19(14-17)23-26-24-22)5-4-10-27-11-8-15(9-12-27)21-18-6-2-3-7-20(18)29-25-21/h2-3,6-7,13-15H,4-5,8-12H2,1H3,(H,23,24,26). The Morgan fingerprint density at radius 1 is 1.21 bits per heavy atom. The Hall–Kier alpha value is -2.93. The third kappa shape index (κ3) is 3.58. The summed E-state index contributed by atoms with van der Waals surface area (Å²) in [6.45, 7) is 3.29. The highest BCUT2D eigenvalue weighted by atomic mass is 16.5. The number of nitrogens with zero attached hydrogens (tertiary/aromatic N) is 4. The van der Waals surface area contributed by atoms with Crippen LogP contribution in [0.3, 0.4) is 0 Å². The van der Waals surface area contributed by atoms with E-state index in [2.05, 4.69) is 43.7 Å². The van der Waals surface area contributed by atoms with E-state index in [-0.39, 0.29) is 0 Å². The molecule has 7 heteroatoms. The molecule has 3 heterocycles. The topological polar surface area (TPSA) is 80.1 Å². The molecule has 2 aromatic heterocycles. The Kier molecular flexibility index (Phi) is 4.89. The third-order valence-corrected chi connectivity index (χ3v) is 6.02. The molecule has 7 nitrogen and oxygen atoms in total. The summed E-state index contributed by atoms with van der Waals surface area (Å²) < 4.78 is 10.9. The molecule has 1 fully saturated rings. The van der Waals surface area contributed by atoms with Crippen molar-refractivity contribution in [2.45, 2.75) is 31.6 Å². The molecule has 0 atom stereocenters. The number of methoxy groups -OCH3 is 1. The van der Waals surface area contributed by atoms with E-state index in [4.69, 9.17) is 9.26 Å². The Balaban J connectivity index is 1.17. The minimum atomic E-state index is 0.489. The number of ether oxygens (including phenoxy) is 1. The lowest BCUT2D eigenvalue weighted by Gasteiger charge is -2.31. The monoisotopic (exact) mass is 391 g/mol. The van der Waals surface area contributed by atoms with Crippen molar-refractivity contribution in [1.82, 2.24) is 25.5 Å². The number of fused-ring (bicyclic) bond motifs is 2. The fourth-order valence-corrected chi connectivity index (χ4v) is 4.43. The van der Waals surface area contributed by atoms with Crippen LogP contribution in [-0.2, 0) is 6.42 Å². The number of aromatic nitrogens is 4. The summed E-state index contributed by atoms with van der Waals surface area (Å²) in [4.78, 5) is 2.55. The number of para-hydroxylation sites is 1. The summed E-state index contributed by atoms with van der Waals surface area (Å²) in [6.07, 6.45) is 4.31. The van der Waals surface area contributed by atoms with Gasteiger partial charge in [-0.1, -0.05) is 22.5 Å². The predicted octanol–water partition coefficient (Wildman–Crippen LogP) is 3.92. The Labute approximate surface area is 169 Å². The van der Waals surface area contributed by atoms with E-state index in [1.807, 2.05) is 18.2 Å². The van der Waals surface area contributed by atoms with Crippen LogP contribution in [0.2, 0.25) is 0 Å². The number of piperidine rings is 1. The molecular formula is C22H25N5O2. The van der Waals surface area contributed by atoms with Crippen molar-refractivity contribution in [3.05, 3.63) is 47.7 Å². The summed E-state index contributed by atoms with van der Waals surface area (Å²) in [5.74, 6) is 1.34. The smallest absolute Gasteiger partial charge is 0.167 e. The number of likely N-dealkylation sites (tertiary alicyclic amines) is 1. The first-order valence-electron chi connectivity index (χ1n) is 10.3. The van der Waals surface area contributed by atoms with Crippen molar-refractivity contribution in [3.63, 3.8) is 0 Å². The number of nitrogens with one attached hydrogen (secondary N) is 1. The van der Waals surface area contributed by atoms with Crippen LogP contribution in [-0.4, -0.2) is 52.2 Å². The molecule has 4 aromatic rings. The van der Waals surface area contributed by atoms with Crippen molar-refractivity contribution in [3.8, 4) is 5.75 Å². The lowest BCUT2D eigenvalue weighted by atomic mass is 9.91. The zero-order chi connectivity index (χ0) is 19.6. The number of hydrogen-bond donors (Lipinski definition) is 1. The summed E-state index contributed by atoms with van der Waals surface area (Å²) in [5.41, 5.74) is 5.09. The van der Waals surface area contributed by atoms with Gasteiger partial charge in [0.1, 0.15) is 11.3 Å². The molecule has 0 bridgehead atoms. The second-order valence-corrected chi connectivity index (χ2v) is 7.78. The number of aromatic amines is 1. The fourth-order valence-electron chi connectivity index (χ4n) is 4.43. The highest BCUT2D eigenvalue weighted by Gasteiger charge is 2.24. The average Bonchev–Trinajstić information content (AvgIpc) is 3.41. The first-order chi connectivity index (χ1) is 14.3. The molecule has 0 aliphatic carbocycles. The predicted molar refractivity (Wildman–Crippen MR) is 111 cm³/mol. The highest BCUT2D eigenvalue weighted by molar-refractivity contribution is 5.80. The molecular weight excluding hydrogens is 366 g/mol. The molecule has 2 aromatic carbocycles. The SMILES string of the molecule is COc1cc(CCCN2CCC(c3noc4ccccc34)CC2)c2nn[nH]c2c1. The number of hydrogen-bond acceptors (Lipinski definition) is 6. The summed E-state index contributed by atoms with van der Waals surface area (Å²) in [5, 5.41) is 16.6. The maximum absolute atomic E-state index is 5.50. The van der Waals surface area contributed by atoms with Crippen molar-refractivity contribution in [2.75, 3.05) is 26.7 Å². The van der Waals surface area contributed by atoms with E-state index in [1.54, 1.807) is 7.11 Å². The molecule has 0 unspecified atom stereocenters. The molecule has 1 N–H and O–H groups in total. The van der Waals surface area contributed by atoms with Gasteiger partial charge in [-0.15, -0.1) is 5.10 Å². The van der Waals surface area contributed by atoms with E-state index >= 15 is 0 Å².